The fourth-order valence-corrected chi connectivity index (χ4v) is 4.09. The summed E-state index contributed by atoms with van der Waals surface area (Å²) in [4.78, 5) is 15.4. The lowest BCUT2D eigenvalue weighted by atomic mass is 9.94. The Balaban J connectivity index is 1.54. The largest absolute Gasteiger partial charge is 0.493 e. The highest BCUT2D eigenvalue weighted by Gasteiger charge is 2.26. The molecule has 2 aromatic rings. The minimum Gasteiger partial charge on any atom is -0.493 e. The van der Waals surface area contributed by atoms with Crippen molar-refractivity contribution >= 4 is 5.91 Å². The topological polar surface area (TPSA) is 50.8 Å². The summed E-state index contributed by atoms with van der Waals surface area (Å²) >= 11 is 0. The molecule has 0 radical (unpaired) electrons. The van der Waals surface area contributed by atoms with Crippen LogP contribution in [0.15, 0.2) is 42.5 Å². The summed E-state index contributed by atoms with van der Waals surface area (Å²) in [5.41, 5.74) is 3.66. The smallest absolute Gasteiger partial charge is 0.223 e. The SMILES string of the molecule is CC[C@@H](NC(=O)C1CCN(Cc2ccc(C)cc2)CC1)c1ccc(OC)c(OC)c1. The standard InChI is InChI=1S/C25H34N2O3/c1-5-22(21-10-11-23(29-3)24(16-21)30-4)26-25(28)20-12-14-27(15-13-20)17-19-8-6-18(2)7-9-19/h6-11,16,20,22H,5,12-15,17H2,1-4H3,(H,26,28)/t22-/m1/s1. The van der Waals surface area contributed by atoms with Gasteiger partial charge in [-0.2, -0.15) is 0 Å². The van der Waals surface area contributed by atoms with Gasteiger partial charge in [-0.15, -0.1) is 0 Å². The first-order valence-corrected chi connectivity index (χ1v) is 10.8. The molecule has 30 heavy (non-hydrogen) atoms. The van der Waals surface area contributed by atoms with Crippen LogP contribution in [-0.4, -0.2) is 38.1 Å². The molecule has 0 aliphatic carbocycles. The number of carbonyl (C=O) groups is 1. The Morgan fingerprint density at radius 2 is 1.73 bits per heavy atom. The van der Waals surface area contributed by atoms with Gasteiger partial charge in [0.1, 0.15) is 0 Å². The molecule has 1 aliphatic rings. The van der Waals surface area contributed by atoms with Crippen LogP contribution in [0.25, 0.3) is 0 Å². The van der Waals surface area contributed by atoms with Crippen LogP contribution in [0.3, 0.4) is 0 Å². The average molecular weight is 411 g/mol. The van der Waals surface area contributed by atoms with Crippen molar-refractivity contribution in [3.8, 4) is 11.5 Å². The number of ether oxygens (including phenoxy) is 2. The fourth-order valence-electron chi connectivity index (χ4n) is 4.09. The number of hydrogen-bond acceptors (Lipinski definition) is 4. The molecule has 162 valence electrons. The molecule has 1 N–H and O–H groups in total. The van der Waals surface area contributed by atoms with E-state index < -0.39 is 0 Å². The monoisotopic (exact) mass is 410 g/mol. The van der Waals surface area contributed by atoms with E-state index in [4.69, 9.17) is 9.47 Å². The Labute approximate surface area is 180 Å². The van der Waals surface area contributed by atoms with Crippen molar-refractivity contribution in [2.75, 3.05) is 27.3 Å². The van der Waals surface area contributed by atoms with Gasteiger partial charge in [0.2, 0.25) is 5.91 Å². The Bertz CT molecular complexity index is 827. The molecule has 1 saturated heterocycles. The second kappa shape index (κ2) is 10.5. The van der Waals surface area contributed by atoms with Crippen LogP contribution in [0, 0.1) is 12.8 Å². The van der Waals surface area contributed by atoms with Gasteiger partial charge in [0, 0.05) is 12.5 Å². The number of rotatable bonds is 8. The summed E-state index contributed by atoms with van der Waals surface area (Å²) in [5, 5.41) is 3.26. The maximum Gasteiger partial charge on any atom is 0.223 e. The molecule has 2 aromatic carbocycles. The van der Waals surface area contributed by atoms with E-state index >= 15 is 0 Å². The van der Waals surface area contributed by atoms with Crippen LogP contribution in [0.4, 0.5) is 0 Å². The van der Waals surface area contributed by atoms with Gasteiger partial charge in [0.15, 0.2) is 11.5 Å². The number of nitrogens with zero attached hydrogens (tertiary/aromatic N) is 1. The van der Waals surface area contributed by atoms with E-state index in [0.29, 0.717) is 11.5 Å². The Hall–Kier alpha value is -2.53. The van der Waals surface area contributed by atoms with Crippen molar-refractivity contribution < 1.29 is 14.3 Å². The van der Waals surface area contributed by atoms with Crippen LogP contribution in [0.5, 0.6) is 11.5 Å². The number of aryl methyl sites for hydroxylation is 1. The number of amides is 1. The minimum atomic E-state index is -0.0251. The molecule has 1 fully saturated rings. The highest BCUT2D eigenvalue weighted by atomic mass is 16.5. The van der Waals surface area contributed by atoms with Gasteiger partial charge in [-0.05, 0) is 62.5 Å². The number of piperidine rings is 1. The predicted octanol–water partition coefficient (Wildman–Crippen LogP) is 4.49. The molecule has 0 unspecified atom stereocenters. The first kappa shape index (κ1) is 22.2. The van der Waals surface area contributed by atoms with Gasteiger partial charge < -0.3 is 14.8 Å². The number of carbonyl (C=O) groups excluding carboxylic acids is 1. The third-order valence-corrected chi connectivity index (χ3v) is 6.02. The number of nitrogens with one attached hydrogen (secondary N) is 1. The van der Waals surface area contributed by atoms with Gasteiger partial charge in [0.05, 0.1) is 20.3 Å². The molecular formula is C25H34N2O3. The molecule has 0 bridgehead atoms. The van der Waals surface area contributed by atoms with Crippen molar-refractivity contribution in [3.05, 3.63) is 59.2 Å². The van der Waals surface area contributed by atoms with E-state index in [-0.39, 0.29) is 17.9 Å². The van der Waals surface area contributed by atoms with Gasteiger partial charge in [0.25, 0.3) is 0 Å². The van der Waals surface area contributed by atoms with E-state index in [2.05, 4.69) is 48.3 Å². The van der Waals surface area contributed by atoms with Crippen molar-refractivity contribution in [3.63, 3.8) is 0 Å². The Kier molecular flexibility index (Phi) is 7.75. The van der Waals surface area contributed by atoms with Gasteiger partial charge in [-0.1, -0.05) is 42.8 Å². The zero-order valence-corrected chi connectivity index (χ0v) is 18.6. The van der Waals surface area contributed by atoms with E-state index in [9.17, 15) is 4.79 Å². The van der Waals surface area contributed by atoms with Crippen LogP contribution in [-0.2, 0) is 11.3 Å². The second-order valence-corrected chi connectivity index (χ2v) is 8.12. The third kappa shape index (κ3) is 5.54. The van der Waals surface area contributed by atoms with Gasteiger partial charge >= 0.3 is 0 Å². The van der Waals surface area contributed by atoms with E-state index in [0.717, 1.165) is 44.5 Å². The van der Waals surface area contributed by atoms with Crippen LogP contribution < -0.4 is 14.8 Å². The zero-order chi connectivity index (χ0) is 21.5. The number of likely N-dealkylation sites (tertiary alicyclic amines) is 1. The van der Waals surface area contributed by atoms with Crippen LogP contribution >= 0.6 is 0 Å². The third-order valence-electron chi connectivity index (χ3n) is 6.02. The van der Waals surface area contributed by atoms with E-state index in [1.54, 1.807) is 14.2 Å². The molecule has 1 amide bonds. The average Bonchev–Trinajstić information content (AvgIpc) is 2.78. The minimum absolute atomic E-state index is 0.0251. The summed E-state index contributed by atoms with van der Waals surface area (Å²) in [7, 11) is 3.26. The predicted molar refractivity (Wildman–Crippen MR) is 120 cm³/mol. The van der Waals surface area contributed by atoms with Crippen molar-refractivity contribution in [2.45, 2.75) is 45.7 Å². The molecule has 1 aliphatic heterocycles. The molecule has 5 nitrogen and oxygen atoms in total. The molecule has 0 aromatic heterocycles. The van der Waals surface area contributed by atoms with Gasteiger partial charge in [-0.3, -0.25) is 9.69 Å². The molecule has 3 rings (SSSR count). The summed E-state index contributed by atoms with van der Waals surface area (Å²) in [5.74, 6) is 1.62. The first-order chi connectivity index (χ1) is 14.5. The lowest BCUT2D eigenvalue weighted by molar-refractivity contribution is -0.127. The zero-order valence-electron chi connectivity index (χ0n) is 18.6. The Morgan fingerprint density at radius 1 is 1.07 bits per heavy atom. The number of hydrogen-bond donors (Lipinski definition) is 1. The molecule has 5 heteroatoms. The maximum atomic E-state index is 12.9. The first-order valence-electron chi connectivity index (χ1n) is 10.8. The highest BCUT2D eigenvalue weighted by Crippen LogP contribution is 2.31. The highest BCUT2D eigenvalue weighted by molar-refractivity contribution is 5.79. The lowest BCUT2D eigenvalue weighted by Gasteiger charge is -2.32. The molecular weight excluding hydrogens is 376 g/mol. The summed E-state index contributed by atoms with van der Waals surface area (Å²) in [6.45, 7) is 7.07. The van der Waals surface area contributed by atoms with E-state index in [1.807, 2.05) is 18.2 Å². The lowest BCUT2D eigenvalue weighted by Crippen LogP contribution is -2.41. The van der Waals surface area contributed by atoms with Crippen LogP contribution in [0.2, 0.25) is 0 Å². The molecule has 0 spiro atoms. The normalized spacial score (nSPS) is 16.1. The fraction of sp³-hybridized carbons (Fsp3) is 0.480. The summed E-state index contributed by atoms with van der Waals surface area (Å²) < 4.78 is 10.7. The molecule has 1 heterocycles. The number of benzene rings is 2. The Morgan fingerprint density at radius 3 is 2.33 bits per heavy atom. The second-order valence-electron chi connectivity index (χ2n) is 8.12. The van der Waals surface area contributed by atoms with Crippen molar-refractivity contribution in [2.24, 2.45) is 5.92 Å². The maximum absolute atomic E-state index is 12.9. The van der Waals surface area contributed by atoms with E-state index in [1.165, 1.54) is 11.1 Å². The molecule has 1 atom stereocenters. The van der Waals surface area contributed by atoms with Crippen LogP contribution in [0.1, 0.15) is 48.9 Å². The van der Waals surface area contributed by atoms with Crippen molar-refractivity contribution in [1.82, 2.24) is 10.2 Å². The number of methoxy groups -OCH3 is 2. The quantitative estimate of drug-likeness (QED) is 0.697. The van der Waals surface area contributed by atoms with Crippen molar-refractivity contribution in [1.29, 1.82) is 0 Å². The van der Waals surface area contributed by atoms with Gasteiger partial charge in [-0.25, -0.2) is 0 Å². The summed E-state index contributed by atoms with van der Waals surface area (Å²) in [6, 6.07) is 14.5. The summed E-state index contributed by atoms with van der Waals surface area (Å²) in [6.07, 6.45) is 2.63. The molecule has 0 saturated carbocycles.